The van der Waals surface area contributed by atoms with Crippen molar-refractivity contribution in [2.24, 2.45) is 4.99 Å². The molecule has 7 nitrogen and oxygen atoms in total. The van der Waals surface area contributed by atoms with Crippen molar-refractivity contribution in [1.82, 2.24) is 20.3 Å². The van der Waals surface area contributed by atoms with Gasteiger partial charge in [0.25, 0.3) is 0 Å². The lowest BCUT2D eigenvalue weighted by Crippen LogP contribution is -2.48. The molecule has 0 amide bonds. The molecular formula is C21H32IN5O2S2. The molecule has 10 heteroatoms. The zero-order valence-electron chi connectivity index (χ0n) is 17.8. The van der Waals surface area contributed by atoms with Crippen molar-refractivity contribution in [2.75, 3.05) is 32.7 Å². The molecule has 0 radical (unpaired) electrons. The Morgan fingerprint density at radius 3 is 2.55 bits per heavy atom. The van der Waals surface area contributed by atoms with Crippen molar-refractivity contribution < 1.29 is 8.42 Å². The maximum atomic E-state index is 12.2. The second-order valence-electron chi connectivity index (χ2n) is 7.27. The van der Waals surface area contributed by atoms with E-state index in [2.05, 4.69) is 49.5 Å². The van der Waals surface area contributed by atoms with Crippen molar-refractivity contribution in [2.45, 2.75) is 36.6 Å². The SMILES string of the molecule is CCNC(=NCCNS(=O)(=O)c1cccs1)NC1CCN(Cc2ccccc2)CC1.I. The summed E-state index contributed by atoms with van der Waals surface area (Å²) in [4.78, 5) is 7.02. The number of benzene rings is 1. The van der Waals surface area contributed by atoms with Crippen molar-refractivity contribution in [3.8, 4) is 0 Å². The predicted octanol–water partition coefficient (Wildman–Crippen LogP) is 2.86. The number of guanidine groups is 1. The van der Waals surface area contributed by atoms with Gasteiger partial charge in [-0.05, 0) is 36.8 Å². The molecule has 0 aliphatic carbocycles. The smallest absolute Gasteiger partial charge is 0.250 e. The van der Waals surface area contributed by atoms with Gasteiger partial charge in [-0.25, -0.2) is 13.1 Å². The van der Waals surface area contributed by atoms with Crippen LogP contribution in [0.15, 0.2) is 57.0 Å². The van der Waals surface area contributed by atoms with Crippen LogP contribution in [0.3, 0.4) is 0 Å². The van der Waals surface area contributed by atoms with Gasteiger partial charge < -0.3 is 10.6 Å². The van der Waals surface area contributed by atoms with E-state index in [4.69, 9.17) is 0 Å². The molecule has 1 fully saturated rings. The van der Waals surface area contributed by atoms with Gasteiger partial charge in [0, 0.05) is 38.8 Å². The van der Waals surface area contributed by atoms with Crippen LogP contribution in [0.4, 0.5) is 0 Å². The number of thiophene rings is 1. The molecule has 2 heterocycles. The van der Waals surface area contributed by atoms with E-state index < -0.39 is 10.0 Å². The summed E-state index contributed by atoms with van der Waals surface area (Å²) in [5.74, 6) is 0.745. The summed E-state index contributed by atoms with van der Waals surface area (Å²) in [5.41, 5.74) is 1.35. The van der Waals surface area contributed by atoms with Crippen LogP contribution in [0.25, 0.3) is 0 Å². The number of likely N-dealkylation sites (tertiary alicyclic amines) is 1. The normalized spacial score (nSPS) is 16.0. The fraction of sp³-hybridized carbons (Fsp3) is 0.476. The molecule has 1 aliphatic rings. The van der Waals surface area contributed by atoms with Crippen LogP contribution in [0, 0.1) is 0 Å². The summed E-state index contributed by atoms with van der Waals surface area (Å²) in [6.45, 7) is 6.53. The number of hydrogen-bond acceptors (Lipinski definition) is 5. The van der Waals surface area contributed by atoms with Gasteiger partial charge in [-0.3, -0.25) is 9.89 Å². The first-order valence-corrected chi connectivity index (χ1v) is 12.8. The van der Waals surface area contributed by atoms with Crippen LogP contribution in [0.5, 0.6) is 0 Å². The number of nitrogens with zero attached hydrogens (tertiary/aromatic N) is 2. The topological polar surface area (TPSA) is 85.8 Å². The van der Waals surface area contributed by atoms with Gasteiger partial charge in [-0.2, -0.15) is 0 Å². The van der Waals surface area contributed by atoms with Crippen LogP contribution in [-0.2, 0) is 16.6 Å². The Kier molecular flexibility index (Phi) is 11.2. The zero-order valence-corrected chi connectivity index (χ0v) is 21.8. The van der Waals surface area contributed by atoms with Crippen LogP contribution in [-0.4, -0.2) is 58.0 Å². The molecule has 1 saturated heterocycles. The Hall–Kier alpha value is -1.21. The molecule has 1 aromatic carbocycles. The quantitative estimate of drug-likeness (QED) is 0.185. The maximum absolute atomic E-state index is 12.2. The lowest BCUT2D eigenvalue weighted by atomic mass is 10.0. The minimum Gasteiger partial charge on any atom is -0.357 e. The Morgan fingerprint density at radius 1 is 1.16 bits per heavy atom. The lowest BCUT2D eigenvalue weighted by molar-refractivity contribution is 0.198. The van der Waals surface area contributed by atoms with E-state index in [1.165, 1.54) is 16.9 Å². The second kappa shape index (κ2) is 13.4. The minimum atomic E-state index is -3.43. The van der Waals surface area contributed by atoms with Crippen molar-refractivity contribution >= 4 is 51.3 Å². The molecule has 1 aliphatic heterocycles. The van der Waals surface area contributed by atoms with E-state index >= 15 is 0 Å². The average Bonchev–Trinajstić information content (AvgIpc) is 3.29. The molecule has 0 bridgehead atoms. The zero-order chi connectivity index (χ0) is 21.2. The van der Waals surface area contributed by atoms with Gasteiger partial charge in [0.05, 0.1) is 6.54 Å². The lowest BCUT2D eigenvalue weighted by Gasteiger charge is -2.33. The largest absolute Gasteiger partial charge is 0.357 e. The van der Waals surface area contributed by atoms with Crippen LogP contribution in [0.2, 0.25) is 0 Å². The highest BCUT2D eigenvalue weighted by atomic mass is 127. The number of nitrogens with one attached hydrogen (secondary N) is 3. The highest BCUT2D eigenvalue weighted by molar-refractivity contribution is 14.0. The van der Waals surface area contributed by atoms with E-state index in [1.807, 2.05) is 13.0 Å². The molecule has 3 rings (SSSR count). The van der Waals surface area contributed by atoms with Gasteiger partial charge in [0.2, 0.25) is 10.0 Å². The molecule has 0 atom stereocenters. The highest BCUT2D eigenvalue weighted by Crippen LogP contribution is 2.15. The van der Waals surface area contributed by atoms with Gasteiger partial charge in [-0.15, -0.1) is 35.3 Å². The van der Waals surface area contributed by atoms with Gasteiger partial charge >= 0.3 is 0 Å². The van der Waals surface area contributed by atoms with E-state index in [-0.39, 0.29) is 30.5 Å². The van der Waals surface area contributed by atoms with Crippen molar-refractivity contribution in [3.63, 3.8) is 0 Å². The monoisotopic (exact) mass is 577 g/mol. The van der Waals surface area contributed by atoms with Crippen molar-refractivity contribution in [3.05, 3.63) is 53.4 Å². The standard InChI is InChI=1S/C21H31N5O2S2.HI/c1-2-22-21(23-12-13-24-30(27,28)20-9-6-16-29-20)25-19-10-14-26(15-11-19)17-18-7-4-3-5-8-18;/h3-9,16,19,24H,2,10-15,17H2,1H3,(H2,22,23,25);1H. The van der Waals surface area contributed by atoms with Crippen molar-refractivity contribution in [1.29, 1.82) is 0 Å². The average molecular weight is 578 g/mol. The summed E-state index contributed by atoms with van der Waals surface area (Å²) in [7, 11) is -3.43. The number of halogens is 1. The predicted molar refractivity (Wildman–Crippen MR) is 139 cm³/mol. The number of piperidine rings is 1. The molecule has 172 valence electrons. The van der Waals surface area contributed by atoms with Gasteiger partial charge in [0.1, 0.15) is 4.21 Å². The van der Waals surface area contributed by atoms with Crippen LogP contribution >= 0.6 is 35.3 Å². The molecule has 0 unspecified atom stereocenters. The Balaban J connectivity index is 0.00000341. The summed E-state index contributed by atoms with van der Waals surface area (Å²) < 4.78 is 27.3. The third-order valence-corrected chi connectivity index (χ3v) is 7.81. The van der Waals surface area contributed by atoms with E-state index in [1.54, 1.807) is 17.5 Å². The molecular weight excluding hydrogens is 545 g/mol. The maximum Gasteiger partial charge on any atom is 0.250 e. The van der Waals surface area contributed by atoms with E-state index in [0.717, 1.165) is 45.0 Å². The Bertz CT molecular complexity index is 884. The molecule has 2 aromatic rings. The highest BCUT2D eigenvalue weighted by Gasteiger charge is 2.20. The van der Waals surface area contributed by atoms with Gasteiger partial charge in [-0.1, -0.05) is 36.4 Å². The third-order valence-electron chi connectivity index (χ3n) is 4.96. The molecule has 0 spiro atoms. The number of rotatable bonds is 9. The minimum absolute atomic E-state index is 0. The molecule has 1 aromatic heterocycles. The summed E-state index contributed by atoms with van der Waals surface area (Å²) >= 11 is 1.21. The molecule has 3 N–H and O–H groups in total. The summed E-state index contributed by atoms with van der Waals surface area (Å²) in [5, 5.41) is 8.51. The fourth-order valence-electron chi connectivity index (χ4n) is 3.43. The first-order valence-electron chi connectivity index (χ1n) is 10.4. The Morgan fingerprint density at radius 2 is 1.90 bits per heavy atom. The van der Waals surface area contributed by atoms with E-state index in [9.17, 15) is 8.42 Å². The van der Waals surface area contributed by atoms with Gasteiger partial charge in [0.15, 0.2) is 5.96 Å². The summed E-state index contributed by atoms with van der Waals surface area (Å²) in [6.07, 6.45) is 2.12. The fourth-order valence-corrected chi connectivity index (χ4v) is 5.48. The van der Waals surface area contributed by atoms with E-state index in [0.29, 0.717) is 16.8 Å². The first-order chi connectivity index (χ1) is 14.6. The summed E-state index contributed by atoms with van der Waals surface area (Å²) in [6, 6.07) is 14.3. The second-order valence-corrected chi connectivity index (χ2v) is 10.2. The molecule has 0 saturated carbocycles. The van der Waals surface area contributed by atoms with Crippen LogP contribution in [0.1, 0.15) is 25.3 Å². The number of hydrogen-bond donors (Lipinski definition) is 3. The number of sulfonamides is 1. The Labute approximate surface area is 206 Å². The number of aliphatic imine (C=N–C) groups is 1. The third kappa shape index (κ3) is 8.68. The van der Waals surface area contributed by atoms with Crippen LogP contribution < -0.4 is 15.4 Å². The molecule has 31 heavy (non-hydrogen) atoms. The first kappa shape index (κ1) is 26.0.